The van der Waals surface area contributed by atoms with Crippen LogP contribution in [0.15, 0.2) is 169 Å². The first-order chi connectivity index (χ1) is 26.2. The van der Waals surface area contributed by atoms with E-state index in [1.54, 1.807) is 0 Å². The lowest BCUT2D eigenvalue weighted by Crippen LogP contribution is -2.16. The molecule has 9 aromatic rings. The van der Waals surface area contributed by atoms with Gasteiger partial charge in [-0.1, -0.05) is 140 Å². The topological polar surface area (TPSA) is 36.3 Å². The zero-order valence-corrected chi connectivity index (χ0v) is 29.3. The summed E-state index contributed by atoms with van der Waals surface area (Å²) in [6.07, 6.45) is 3.01. The summed E-state index contributed by atoms with van der Waals surface area (Å²) in [4.78, 5) is 5.37. The van der Waals surface area contributed by atoms with Gasteiger partial charge in [0.15, 0.2) is 0 Å². The summed E-state index contributed by atoms with van der Waals surface area (Å²) in [5.74, 6) is 0.295. The van der Waals surface area contributed by atoms with Crippen LogP contribution in [-0.2, 0) is 6.42 Å². The maximum atomic E-state index is 5.38. The predicted molar refractivity (Wildman–Crippen MR) is 222 cm³/mol. The molecule has 4 nitrogen and oxygen atoms in total. The third-order valence-electron chi connectivity index (χ3n) is 11.3. The van der Waals surface area contributed by atoms with Crippen molar-refractivity contribution in [1.82, 2.24) is 9.13 Å². The van der Waals surface area contributed by atoms with Crippen LogP contribution >= 0.6 is 0 Å². The maximum Gasteiger partial charge on any atom is 0.0695 e. The van der Waals surface area contributed by atoms with Crippen molar-refractivity contribution in [2.24, 2.45) is 10.9 Å². The molecule has 0 saturated carbocycles. The SMILES string of the molecule is CC1Cc2c(c3ccccc3n2-c2cccc(C3N=C(c4ccccc4)c4ccc5ccccc5c4[N-]3)c2)C=C1n1c2ccccc2c2ccccc21. The summed E-state index contributed by atoms with van der Waals surface area (Å²) in [6.45, 7) is 2.37. The van der Waals surface area contributed by atoms with Crippen molar-refractivity contribution in [1.29, 1.82) is 0 Å². The lowest BCUT2D eigenvalue weighted by molar-refractivity contribution is 0.683. The number of fused-ring (bicyclic) bond motifs is 9. The van der Waals surface area contributed by atoms with Crippen molar-refractivity contribution in [3.05, 3.63) is 197 Å². The normalized spacial score (nSPS) is 16.7. The Balaban J connectivity index is 1.08. The molecule has 2 unspecified atom stereocenters. The van der Waals surface area contributed by atoms with Gasteiger partial charge in [-0.05, 0) is 64.7 Å². The van der Waals surface area contributed by atoms with E-state index in [4.69, 9.17) is 10.3 Å². The Kier molecular flexibility index (Phi) is 6.62. The smallest absolute Gasteiger partial charge is 0.0695 e. The zero-order chi connectivity index (χ0) is 35.0. The van der Waals surface area contributed by atoms with E-state index in [2.05, 4.69) is 186 Å². The van der Waals surface area contributed by atoms with Crippen molar-refractivity contribution >= 4 is 66.7 Å². The summed E-state index contributed by atoms with van der Waals surface area (Å²) in [5, 5.41) is 11.6. The fraction of sp³-hybridized carbons (Fsp3) is 0.0816. The van der Waals surface area contributed by atoms with E-state index < -0.39 is 0 Å². The molecule has 4 heteroatoms. The van der Waals surface area contributed by atoms with Crippen LogP contribution in [0.4, 0.5) is 5.69 Å². The molecule has 11 rings (SSSR count). The van der Waals surface area contributed by atoms with Crippen LogP contribution in [0.2, 0.25) is 0 Å². The van der Waals surface area contributed by atoms with Crippen LogP contribution in [0.25, 0.3) is 66.3 Å². The Morgan fingerprint density at radius 3 is 1.98 bits per heavy atom. The minimum Gasteiger partial charge on any atom is -0.659 e. The van der Waals surface area contributed by atoms with E-state index in [0.29, 0.717) is 5.92 Å². The van der Waals surface area contributed by atoms with Crippen molar-refractivity contribution in [3.63, 3.8) is 0 Å². The summed E-state index contributed by atoms with van der Waals surface area (Å²) in [7, 11) is 0. The highest BCUT2D eigenvalue weighted by Gasteiger charge is 2.28. The van der Waals surface area contributed by atoms with E-state index in [-0.39, 0.29) is 6.17 Å². The second-order valence-electron chi connectivity index (χ2n) is 14.4. The van der Waals surface area contributed by atoms with E-state index >= 15 is 0 Å². The fourth-order valence-electron chi connectivity index (χ4n) is 8.87. The van der Waals surface area contributed by atoms with Gasteiger partial charge in [0, 0.05) is 56.4 Å². The van der Waals surface area contributed by atoms with Gasteiger partial charge in [-0.2, -0.15) is 0 Å². The van der Waals surface area contributed by atoms with Crippen molar-refractivity contribution in [2.75, 3.05) is 0 Å². The molecule has 0 bridgehead atoms. The standard InChI is InChI=1S/C49H35N4/c1-31-28-46-41(30-45(31)53-43-24-11-7-20-37(43)38-21-8-12-25-44(38)53)39-22-9-10-23-42(39)52(46)35-18-13-17-34(29-35)49-50-47(33-15-3-2-4-16-33)40-27-26-32-14-5-6-19-36(32)48(40)51-49/h2-27,29-31,49H,28H2,1H3/q-1. The molecule has 0 fully saturated rings. The second-order valence-corrected chi connectivity index (χ2v) is 14.4. The first-order valence-electron chi connectivity index (χ1n) is 18.5. The highest BCUT2D eigenvalue weighted by atomic mass is 15.1. The molecule has 2 atom stereocenters. The van der Waals surface area contributed by atoms with Gasteiger partial charge in [0.2, 0.25) is 0 Å². The van der Waals surface area contributed by atoms with Gasteiger partial charge in [0.05, 0.1) is 22.3 Å². The molecule has 1 aliphatic heterocycles. The van der Waals surface area contributed by atoms with E-state index in [0.717, 1.165) is 45.6 Å². The molecule has 2 aromatic heterocycles. The summed E-state index contributed by atoms with van der Waals surface area (Å²) < 4.78 is 4.98. The molecule has 0 N–H and O–H groups in total. The number of allylic oxidation sites excluding steroid dienone is 1. The minimum atomic E-state index is -0.373. The average molecular weight is 680 g/mol. The first kappa shape index (κ1) is 30.0. The Morgan fingerprint density at radius 1 is 0.585 bits per heavy atom. The second kappa shape index (κ2) is 11.7. The summed E-state index contributed by atoms with van der Waals surface area (Å²) in [5.41, 5.74) is 14.1. The van der Waals surface area contributed by atoms with E-state index in [1.165, 1.54) is 55.0 Å². The minimum absolute atomic E-state index is 0.295. The average Bonchev–Trinajstić information content (AvgIpc) is 3.72. The Bertz CT molecular complexity index is 2920. The lowest BCUT2D eigenvalue weighted by Gasteiger charge is -2.39. The van der Waals surface area contributed by atoms with Crippen LogP contribution in [0.3, 0.4) is 0 Å². The number of aromatic nitrogens is 2. The third kappa shape index (κ3) is 4.58. The largest absolute Gasteiger partial charge is 0.659 e. The van der Waals surface area contributed by atoms with Crippen molar-refractivity contribution < 1.29 is 0 Å². The number of benzene rings is 7. The monoisotopic (exact) mass is 679 g/mol. The summed E-state index contributed by atoms with van der Waals surface area (Å²) in [6, 6.07) is 58.8. The molecule has 7 aromatic carbocycles. The Morgan fingerprint density at radius 2 is 1.23 bits per heavy atom. The van der Waals surface area contributed by atoms with Crippen LogP contribution in [0, 0.1) is 5.92 Å². The maximum absolute atomic E-state index is 5.38. The number of rotatable bonds is 4. The molecular weight excluding hydrogens is 645 g/mol. The highest BCUT2D eigenvalue weighted by Crippen LogP contribution is 2.47. The third-order valence-corrected chi connectivity index (χ3v) is 11.3. The first-order valence-corrected chi connectivity index (χ1v) is 18.5. The molecule has 0 amide bonds. The van der Waals surface area contributed by atoms with Crippen LogP contribution < -0.4 is 0 Å². The summed E-state index contributed by atoms with van der Waals surface area (Å²) >= 11 is 0. The van der Waals surface area contributed by atoms with Crippen LogP contribution in [0.5, 0.6) is 0 Å². The van der Waals surface area contributed by atoms with Gasteiger partial charge in [-0.3, -0.25) is 4.99 Å². The van der Waals surface area contributed by atoms with Crippen LogP contribution in [0.1, 0.15) is 41.0 Å². The van der Waals surface area contributed by atoms with Gasteiger partial charge >= 0.3 is 0 Å². The predicted octanol–water partition coefficient (Wildman–Crippen LogP) is 12.6. The van der Waals surface area contributed by atoms with Gasteiger partial charge < -0.3 is 14.5 Å². The van der Waals surface area contributed by atoms with Crippen LogP contribution in [-0.4, -0.2) is 14.8 Å². The molecule has 2 aliphatic rings. The Hall–Kier alpha value is -6.65. The quantitative estimate of drug-likeness (QED) is 0.178. The van der Waals surface area contributed by atoms with Gasteiger partial charge in [0.1, 0.15) is 0 Å². The van der Waals surface area contributed by atoms with Crippen molar-refractivity contribution in [2.45, 2.75) is 19.5 Å². The van der Waals surface area contributed by atoms with Gasteiger partial charge in [-0.25, -0.2) is 0 Å². The molecule has 53 heavy (non-hydrogen) atoms. The molecular formula is C49H35N4-. The number of nitrogens with zero attached hydrogens (tertiary/aromatic N) is 4. The lowest BCUT2D eigenvalue weighted by atomic mass is 9.91. The highest BCUT2D eigenvalue weighted by molar-refractivity contribution is 6.21. The molecule has 1 aliphatic carbocycles. The Labute approximate surface area is 308 Å². The van der Waals surface area contributed by atoms with Gasteiger partial charge in [0.25, 0.3) is 0 Å². The molecule has 0 saturated heterocycles. The number of hydrogen-bond donors (Lipinski definition) is 0. The van der Waals surface area contributed by atoms with Gasteiger partial charge in [-0.15, -0.1) is 5.69 Å². The molecule has 0 radical (unpaired) electrons. The number of hydrogen-bond acceptors (Lipinski definition) is 1. The molecule has 252 valence electrons. The van der Waals surface area contributed by atoms with E-state index in [9.17, 15) is 0 Å². The number of para-hydroxylation sites is 3. The molecule has 0 spiro atoms. The number of aliphatic imine (C=N–C) groups is 1. The van der Waals surface area contributed by atoms with E-state index in [1.807, 2.05) is 0 Å². The molecule has 3 heterocycles. The van der Waals surface area contributed by atoms with Crippen molar-refractivity contribution in [3.8, 4) is 5.69 Å². The fourth-order valence-corrected chi connectivity index (χ4v) is 8.87. The zero-order valence-electron chi connectivity index (χ0n) is 29.3.